The second-order valence-electron chi connectivity index (χ2n) is 4.94. The molecule has 0 aromatic heterocycles. The Morgan fingerprint density at radius 3 is 2.35 bits per heavy atom. The molecule has 1 fully saturated rings. The minimum absolute atomic E-state index is 0.254. The summed E-state index contributed by atoms with van der Waals surface area (Å²) in [4.78, 5) is 15.2. The predicted molar refractivity (Wildman–Crippen MR) is 75.1 cm³/mol. The fourth-order valence-electron chi connectivity index (χ4n) is 2.41. The van der Waals surface area contributed by atoms with E-state index in [2.05, 4.69) is 11.0 Å². The summed E-state index contributed by atoms with van der Waals surface area (Å²) in [7, 11) is 1.39. The van der Waals surface area contributed by atoms with Gasteiger partial charge in [0.05, 0.1) is 13.2 Å². The van der Waals surface area contributed by atoms with Crippen molar-refractivity contribution in [2.75, 3.05) is 33.3 Å². The highest BCUT2D eigenvalue weighted by molar-refractivity contribution is 5.67. The molecule has 1 atom stereocenters. The van der Waals surface area contributed by atoms with Gasteiger partial charge in [0.15, 0.2) is 0 Å². The number of rotatable bonds is 2. The van der Waals surface area contributed by atoms with Crippen LogP contribution in [0.15, 0.2) is 24.3 Å². The van der Waals surface area contributed by atoms with E-state index in [0.717, 1.165) is 5.56 Å². The van der Waals surface area contributed by atoms with Gasteiger partial charge in [0, 0.05) is 26.2 Å². The van der Waals surface area contributed by atoms with Gasteiger partial charge in [0.1, 0.15) is 6.04 Å². The van der Waals surface area contributed by atoms with Crippen molar-refractivity contribution in [1.29, 1.82) is 5.26 Å². The van der Waals surface area contributed by atoms with E-state index in [1.54, 1.807) is 4.90 Å². The molecule has 1 aromatic rings. The van der Waals surface area contributed by atoms with Crippen LogP contribution in [0.25, 0.3) is 0 Å². The minimum Gasteiger partial charge on any atom is -0.453 e. The van der Waals surface area contributed by atoms with Crippen LogP contribution in [0.1, 0.15) is 17.2 Å². The van der Waals surface area contributed by atoms with E-state index >= 15 is 0 Å². The van der Waals surface area contributed by atoms with Crippen LogP contribution in [0, 0.1) is 18.3 Å². The summed E-state index contributed by atoms with van der Waals surface area (Å²) in [6.45, 7) is 4.58. The Hall–Kier alpha value is -2.06. The Kier molecular flexibility index (Phi) is 4.59. The van der Waals surface area contributed by atoms with Gasteiger partial charge < -0.3 is 9.64 Å². The number of nitrogens with zero attached hydrogens (tertiary/aromatic N) is 3. The molecule has 2 rings (SSSR count). The number of aryl methyl sites for hydroxylation is 1. The Balaban J connectivity index is 2.02. The van der Waals surface area contributed by atoms with E-state index < -0.39 is 0 Å². The zero-order chi connectivity index (χ0) is 14.5. The van der Waals surface area contributed by atoms with Gasteiger partial charge in [-0.3, -0.25) is 4.90 Å². The molecular formula is C15H19N3O2. The molecule has 0 N–H and O–H groups in total. The zero-order valence-electron chi connectivity index (χ0n) is 11.9. The second kappa shape index (κ2) is 6.40. The molecular weight excluding hydrogens is 254 g/mol. The third-order valence-corrected chi connectivity index (χ3v) is 3.63. The van der Waals surface area contributed by atoms with Gasteiger partial charge in [-0.25, -0.2) is 4.79 Å². The van der Waals surface area contributed by atoms with Crippen molar-refractivity contribution in [2.45, 2.75) is 13.0 Å². The van der Waals surface area contributed by atoms with Crippen molar-refractivity contribution in [2.24, 2.45) is 0 Å². The Bertz CT molecular complexity index is 499. The van der Waals surface area contributed by atoms with Gasteiger partial charge in [-0.05, 0) is 12.5 Å². The highest BCUT2D eigenvalue weighted by Crippen LogP contribution is 2.22. The maximum absolute atomic E-state index is 11.4. The maximum atomic E-state index is 11.4. The average molecular weight is 273 g/mol. The summed E-state index contributed by atoms with van der Waals surface area (Å²) in [5.74, 6) is 0. The number of benzene rings is 1. The van der Waals surface area contributed by atoms with Crippen molar-refractivity contribution in [3.05, 3.63) is 35.4 Å². The quantitative estimate of drug-likeness (QED) is 0.826. The lowest BCUT2D eigenvalue weighted by atomic mass is 10.0. The molecule has 0 saturated carbocycles. The van der Waals surface area contributed by atoms with Crippen molar-refractivity contribution >= 4 is 6.09 Å². The molecule has 1 aliphatic heterocycles. The monoisotopic (exact) mass is 273 g/mol. The van der Waals surface area contributed by atoms with Crippen molar-refractivity contribution in [3.8, 4) is 6.07 Å². The summed E-state index contributed by atoms with van der Waals surface area (Å²) in [5, 5.41) is 9.43. The summed E-state index contributed by atoms with van der Waals surface area (Å²) in [5.41, 5.74) is 2.19. The topological polar surface area (TPSA) is 56.6 Å². The van der Waals surface area contributed by atoms with Gasteiger partial charge in [0.2, 0.25) is 0 Å². The fraction of sp³-hybridized carbons (Fsp3) is 0.467. The van der Waals surface area contributed by atoms with E-state index in [9.17, 15) is 10.1 Å². The van der Waals surface area contributed by atoms with Crippen LogP contribution in [0.4, 0.5) is 4.79 Å². The van der Waals surface area contributed by atoms with Gasteiger partial charge in [-0.2, -0.15) is 5.26 Å². The molecule has 0 aliphatic carbocycles. The van der Waals surface area contributed by atoms with E-state index in [0.29, 0.717) is 26.2 Å². The Morgan fingerprint density at radius 2 is 1.85 bits per heavy atom. The molecule has 1 aliphatic rings. The molecule has 0 radical (unpaired) electrons. The standard InChI is InChI=1S/C15H19N3O2/c1-12-3-5-13(6-4-12)14(11-16)17-7-9-18(10-8-17)15(19)20-2/h3-6,14H,7-10H2,1-2H3. The van der Waals surface area contributed by atoms with Crippen LogP contribution in [-0.4, -0.2) is 49.2 Å². The maximum Gasteiger partial charge on any atom is 0.409 e. The summed E-state index contributed by atoms with van der Waals surface area (Å²) in [6.07, 6.45) is -0.298. The largest absolute Gasteiger partial charge is 0.453 e. The third kappa shape index (κ3) is 3.09. The van der Waals surface area contributed by atoms with E-state index in [-0.39, 0.29) is 12.1 Å². The first kappa shape index (κ1) is 14.4. The number of amides is 1. The summed E-state index contributed by atoms with van der Waals surface area (Å²) in [6, 6.07) is 10.1. The van der Waals surface area contributed by atoms with Crippen LogP contribution in [0.5, 0.6) is 0 Å². The summed E-state index contributed by atoms with van der Waals surface area (Å²) >= 11 is 0. The summed E-state index contributed by atoms with van der Waals surface area (Å²) < 4.78 is 4.71. The highest BCUT2D eigenvalue weighted by atomic mass is 16.5. The van der Waals surface area contributed by atoms with Gasteiger partial charge in [-0.1, -0.05) is 29.8 Å². The number of hydrogen-bond acceptors (Lipinski definition) is 4. The van der Waals surface area contributed by atoms with Crippen molar-refractivity contribution in [3.63, 3.8) is 0 Å². The number of carbonyl (C=O) groups excluding carboxylic acids is 1. The fourth-order valence-corrected chi connectivity index (χ4v) is 2.41. The molecule has 5 heteroatoms. The van der Waals surface area contributed by atoms with Crippen LogP contribution < -0.4 is 0 Å². The number of carbonyl (C=O) groups is 1. The molecule has 0 bridgehead atoms. The van der Waals surface area contributed by atoms with Crippen molar-refractivity contribution in [1.82, 2.24) is 9.80 Å². The predicted octanol–water partition coefficient (Wildman–Crippen LogP) is 1.94. The Morgan fingerprint density at radius 1 is 1.25 bits per heavy atom. The lowest BCUT2D eigenvalue weighted by Gasteiger charge is -2.36. The molecule has 1 saturated heterocycles. The first-order chi connectivity index (χ1) is 9.65. The number of methoxy groups -OCH3 is 1. The number of hydrogen-bond donors (Lipinski definition) is 0. The second-order valence-corrected chi connectivity index (χ2v) is 4.94. The first-order valence-corrected chi connectivity index (χ1v) is 6.69. The van der Waals surface area contributed by atoms with E-state index in [1.807, 2.05) is 31.2 Å². The van der Waals surface area contributed by atoms with Crippen LogP contribution >= 0.6 is 0 Å². The molecule has 1 aromatic carbocycles. The lowest BCUT2D eigenvalue weighted by molar-refractivity contribution is 0.0834. The van der Waals surface area contributed by atoms with Gasteiger partial charge >= 0.3 is 6.09 Å². The zero-order valence-corrected chi connectivity index (χ0v) is 11.9. The molecule has 0 spiro atoms. The van der Waals surface area contributed by atoms with Crippen LogP contribution in [-0.2, 0) is 4.74 Å². The molecule has 20 heavy (non-hydrogen) atoms. The SMILES string of the molecule is COC(=O)N1CCN(C(C#N)c2ccc(C)cc2)CC1. The number of piperazine rings is 1. The first-order valence-electron chi connectivity index (χ1n) is 6.69. The minimum atomic E-state index is -0.298. The molecule has 1 unspecified atom stereocenters. The van der Waals surface area contributed by atoms with Crippen LogP contribution in [0.2, 0.25) is 0 Å². The van der Waals surface area contributed by atoms with Crippen LogP contribution in [0.3, 0.4) is 0 Å². The third-order valence-electron chi connectivity index (χ3n) is 3.63. The lowest BCUT2D eigenvalue weighted by Crippen LogP contribution is -2.49. The van der Waals surface area contributed by atoms with E-state index in [4.69, 9.17) is 4.74 Å². The van der Waals surface area contributed by atoms with Gasteiger partial charge in [0.25, 0.3) is 0 Å². The normalized spacial score (nSPS) is 17.4. The number of ether oxygens (including phenoxy) is 1. The molecule has 1 heterocycles. The molecule has 5 nitrogen and oxygen atoms in total. The van der Waals surface area contributed by atoms with E-state index in [1.165, 1.54) is 12.7 Å². The van der Waals surface area contributed by atoms with Gasteiger partial charge in [-0.15, -0.1) is 0 Å². The number of nitriles is 1. The molecule has 1 amide bonds. The Labute approximate surface area is 119 Å². The molecule has 106 valence electrons. The average Bonchev–Trinajstić information content (AvgIpc) is 2.50. The smallest absolute Gasteiger partial charge is 0.409 e. The van der Waals surface area contributed by atoms with Crippen molar-refractivity contribution < 1.29 is 9.53 Å². The highest BCUT2D eigenvalue weighted by Gasteiger charge is 2.27.